The van der Waals surface area contributed by atoms with E-state index in [1.165, 1.54) is 0 Å². The predicted octanol–water partition coefficient (Wildman–Crippen LogP) is 3.00. The van der Waals surface area contributed by atoms with E-state index in [4.69, 9.17) is 5.26 Å². The molecule has 3 nitrogen and oxygen atoms in total. The molecule has 0 aromatic heterocycles. The zero-order valence-corrected chi connectivity index (χ0v) is 9.17. The average molecular weight is 221 g/mol. The third-order valence-electron chi connectivity index (χ3n) is 2.20. The molecule has 0 aliphatic rings. The van der Waals surface area contributed by atoms with Crippen LogP contribution in [0.4, 0.5) is 5.69 Å². The van der Waals surface area contributed by atoms with Crippen molar-refractivity contribution in [2.24, 2.45) is 5.10 Å². The fraction of sp³-hybridized carbons (Fsp3) is 0. The molecule has 17 heavy (non-hydrogen) atoms. The smallest absolute Gasteiger partial charge is 0.0991 e. The molecule has 0 atom stereocenters. The molecule has 0 spiro atoms. The number of nitriles is 1. The van der Waals surface area contributed by atoms with Gasteiger partial charge in [0.2, 0.25) is 0 Å². The molecule has 0 aliphatic carbocycles. The number of para-hydroxylation sites is 1. The SMILES string of the molecule is N#Cc1cccc(C=NNc2ccccc2)c1. The second-order valence-corrected chi connectivity index (χ2v) is 3.47. The third kappa shape index (κ3) is 3.18. The number of anilines is 1. The van der Waals surface area contributed by atoms with Crippen molar-refractivity contribution < 1.29 is 0 Å². The topological polar surface area (TPSA) is 48.2 Å². The predicted molar refractivity (Wildman–Crippen MR) is 68.8 cm³/mol. The Hall–Kier alpha value is -2.60. The Morgan fingerprint density at radius 1 is 1.06 bits per heavy atom. The third-order valence-corrected chi connectivity index (χ3v) is 2.20. The minimum atomic E-state index is 0.633. The zero-order chi connectivity index (χ0) is 11.9. The number of hydrogen-bond donors (Lipinski definition) is 1. The van der Waals surface area contributed by atoms with Crippen molar-refractivity contribution in [3.8, 4) is 6.07 Å². The molecular weight excluding hydrogens is 210 g/mol. The van der Waals surface area contributed by atoms with Gasteiger partial charge in [-0.1, -0.05) is 30.3 Å². The highest BCUT2D eigenvalue weighted by Crippen LogP contribution is 2.05. The molecule has 0 amide bonds. The monoisotopic (exact) mass is 221 g/mol. The van der Waals surface area contributed by atoms with Gasteiger partial charge >= 0.3 is 0 Å². The van der Waals surface area contributed by atoms with Gasteiger partial charge in [-0.3, -0.25) is 5.43 Å². The first-order valence-corrected chi connectivity index (χ1v) is 5.23. The summed E-state index contributed by atoms with van der Waals surface area (Å²) in [6.07, 6.45) is 1.69. The summed E-state index contributed by atoms with van der Waals surface area (Å²) < 4.78 is 0. The lowest BCUT2D eigenvalue weighted by molar-refractivity contribution is 1.35. The molecule has 82 valence electrons. The Morgan fingerprint density at radius 3 is 2.65 bits per heavy atom. The summed E-state index contributed by atoms with van der Waals surface area (Å²) in [5.74, 6) is 0. The van der Waals surface area contributed by atoms with E-state index in [-0.39, 0.29) is 0 Å². The molecule has 0 saturated carbocycles. The largest absolute Gasteiger partial charge is 0.279 e. The quantitative estimate of drug-likeness (QED) is 0.639. The van der Waals surface area contributed by atoms with Crippen molar-refractivity contribution in [3.63, 3.8) is 0 Å². The van der Waals surface area contributed by atoms with E-state index in [0.29, 0.717) is 5.56 Å². The fourth-order valence-corrected chi connectivity index (χ4v) is 1.38. The highest BCUT2D eigenvalue weighted by atomic mass is 15.3. The molecular formula is C14H11N3. The molecule has 1 N–H and O–H groups in total. The van der Waals surface area contributed by atoms with Crippen LogP contribution in [0.1, 0.15) is 11.1 Å². The average Bonchev–Trinajstić information content (AvgIpc) is 2.40. The van der Waals surface area contributed by atoms with Crippen LogP contribution >= 0.6 is 0 Å². The van der Waals surface area contributed by atoms with Crippen LogP contribution in [0.2, 0.25) is 0 Å². The molecule has 3 heteroatoms. The van der Waals surface area contributed by atoms with Crippen molar-refractivity contribution in [1.29, 1.82) is 5.26 Å². The van der Waals surface area contributed by atoms with Gasteiger partial charge in [0.15, 0.2) is 0 Å². The summed E-state index contributed by atoms with van der Waals surface area (Å²) in [6, 6.07) is 19.1. The lowest BCUT2D eigenvalue weighted by Gasteiger charge is -1.98. The van der Waals surface area contributed by atoms with Crippen LogP contribution in [0.15, 0.2) is 59.7 Å². The number of hydrogen-bond acceptors (Lipinski definition) is 3. The van der Waals surface area contributed by atoms with Gasteiger partial charge in [-0.15, -0.1) is 0 Å². The highest BCUT2D eigenvalue weighted by Gasteiger charge is 1.91. The second kappa shape index (κ2) is 5.47. The molecule has 0 unspecified atom stereocenters. The van der Waals surface area contributed by atoms with Gasteiger partial charge in [0, 0.05) is 0 Å². The summed E-state index contributed by atoms with van der Waals surface area (Å²) in [5, 5.41) is 12.9. The Morgan fingerprint density at radius 2 is 1.88 bits per heavy atom. The van der Waals surface area contributed by atoms with Crippen molar-refractivity contribution >= 4 is 11.9 Å². The number of hydrazone groups is 1. The van der Waals surface area contributed by atoms with Crippen molar-refractivity contribution in [1.82, 2.24) is 0 Å². The lowest BCUT2D eigenvalue weighted by atomic mass is 10.1. The normalized spacial score (nSPS) is 10.1. The summed E-state index contributed by atoms with van der Waals surface area (Å²) in [4.78, 5) is 0. The van der Waals surface area contributed by atoms with E-state index >= 15 is 0 Å². The lowest BCUT2D eigenvalue weighted by Crippen LogP contribution is -1.90. The van der Waals surface area contributed by atoms with E-state index in [1.54, 1.807) is 18.3 Å². The Bertz CT molecular complexity index is 553. The molecule has 0 heterocycles. The maximum atomic E-state index is 8.76. The molecule has 2 rings (SSSR count). The molecule has 2 aromatic carbocycles. The maximum Gasteiger partial charge on any atom is 0.0991 e. The number of benzene rings is 2. The van der Waals surface area contributed by atoms with Crippen LogP contribution < -0.4 is 5.43 Å². The molecule has 0 fully saturated rings. The molecule has 0 saturated heterocycles. The number of rotatable bonds is 3. The van der Waals surface area contributed by atoms with Gasteiger partial charge in [-0.2, -0.15) is 10.4 Å². The van der Waals surface area contributed by atoms with Gasteiger partial charge < -0.3 is 0 Å². The number of nitrogens with one attached hydrogen (secondary N) is 1. The summed E-state index contributed by atoms with van der Waals surface area (Å²) in [6.45, 7) is 0. The molecule has 0 bridgehead atoms. The maximum absolute atomic E-state index is 8.76. The van der Waals surface area contributed by atoms with Crippen molar-refractivity contribution in [3.05, 3.63) is 65.7 Å². The molecule has 0 aliphatic heterocycles. The van der Waals surface area contributed by atoms with Gasteiger partial charge in [0.05, 0.1) is 23.5 Å². The van der Waals surface area contributed by atoms with Crippen LogP contribution in [0.3, 0.4) is 0 Å². The first-order chi connectivity index (χ1) is 8.38. The van der Waals surface area contributed by atoms with Gasteiger partial charge in [0.25, 0.3) is 0 Å². The van der Waals surface area contributed by atoms with E-state index in [2.05, 4.69) is 16.6 Å². The first kappa shape index (κ1) is 10.9. The fourth-order valence-electron chi connectivity index (χ4n) is 1.38. The summed E-state index contributed by atoms with van der Waals surface area (Å²) >= 11 is 0. The molecule has 0 radical (unpaired) electrons. The van der Waals surface area contributed by atoms with Crippen LogP contribution in [0.25, 0.3) is 0 Å². The standard InChI is InChI=1S/C14H11N3/c15-10-12-5-4-6-13(9-12)11-16-17-14-7-2-1-3-8-14/h1-9,11,17H. The zero-order valence-electron chi connectivity index (χ0n) is 9.17. The van der Waals surface area contributed by atoms with Crippen LogP contribution in [-0.4, -0.2) is 6.21 Å². The Balaban J connectivity index is 2.04. The van der Waals surface area contributed by atoms with Crippen LogP contribution in [-0.2, 0) is 0 Å². The first-order valence-electron chi connectivity index (χ1n) is 5.23. The van der Waals surface area contributed by atoms with Gasteiger partial charge in [-0.25, -0.2) is 0 Å². The minimum absolute atomic E-state index is 0.633. The second-order valence-electron chi connectivity index (χ2n) is 3.47. The van der Waals surface area contributed by atoms with E-state index in [9.17, 15) is 0 Å². The summed E-state index contributed by atoms with van der Waals surface area (Å²) in [7, 11) is 0. The van der Waals surface area contributed by atoms with E-state index in [1.807, 2.05) is 42.5 Å². The highest BCUT2D eigenvalue weighted by molar-refractivity contribution is 5.80. The molecule has 2 aromatic rings. The van der Waals surface area contributed by atoms with Crippen molar-refractivity contribution in [2.45, 2.75) is 0 Å². The van der Waals surface area contributed by atoms with Gasteiger partial charge in [0.1, 0.15) is 0 Å². The van der Waals surface area contributed by atoms with Crippen LogP contribution in [0, 0.1) is 11.3 Å². The Kier molecular flexibility index (Phi) is 3.51. The number of nitrogens with zero attached hydrogens (tertiary/aromatic N) is 2. The minimum Gasteiger partial charge on any atom is -0.279 e. The van der Waals surface area contributed by atoms with Gasteiger partial charge in [-0.05, 0) is 29.8 Å². The van der Waals surface area contributed by atoms with E-state index in [0.717, 1.165) is 11.3 Å². The van der Waals surface area contributed by atoms with Crippen molar-refractivity contribution in [2.75, 3.05) is 5.43 Å². The van der Waals surface area contributed by atoms with E-state index < -0.39 is 0 Å². The Labute approximate surface area is 100 Å². The van der Waals surface area contributed by atoms with Crippen LogP contribution in [0.5, 0.6) is 0 Å². The summed E-state index contributed by atoms with van der Waals surface area (Å²) in [5.41, 5.74) is 5.38.